The third-order valence-electron chi connectivity index (χ3n) is 9.92. The molecule has 0 N–H and O–H groups in total. The molecule has 0 bridgehead atoms. The molecule has 0 saturated carbocycles. The number of halogens is 1. The number of hydrogen-bond acceptors (Lipinski definition) is 11. The number of imide groups is 1. The highest BCUT2D eigenvalue weighted by atomic mass is 35.5. The van der Waals surface area contributed by atoms with E-state index >= 15 is 0 Å². The number of benzene rings is 2. The van der Waals surface area contributed by atoms with Crippen LogP contribution in [0.1, 0.15) is 83.4 Å². The zero-order valence-corrected chi connectivity index (χ0v) is 35.4. The second kappa shape index (κ2) is 20.7. The number of likely N-dealkylation sites (tertiary alicyclic amines) is 1. The maximum Gasteiger partial charge on any atom is 0.417 e. The first-order valence-electron chi connectivity index (χ1n) is 19.4. The smallest absolute Gasteiger partial charge is 0.417 e. The summed E-state index contributed by atoms with van der Waals surface area (Å²) in [4.78, 5) is 45.4. The highest BCUT2D eigenvalue weighted by Gasteiger charge is 2.45. The average molecular weight is 804 g/mol. The minimum atomic E-state index is -1.07. The van der Waals surface area contributed by atoms with E-state index in [-0.39, 0.29) is 18.9 Å². The molecule has 13 nitrogen and oxygen atoms in total. The number of carbonyl (C=O) groups is 3. The van der Waals surface area contributed by atoms with Crippen molar-refractivity contribution in [2.45, 2.75) is 103 Å². The highest BCUT2D eigenvalue weighted by molar-refractivity contribution is 6.20. The Morgan fingerprint density at radius 1 is 0.964 bits per heavy atom. The van der Waals surface area contributed by atoms with Gasteiger partial charge in [0.1, 0.15) is 18.0 Å². The number of hydrogen-bond donors (Lipinski definition) is 0. The van der Waals surface area contributed by atoms with Crippen LogP contribution in [0.2, 0.25) is 0 Å². The number of carbonyl (C=O) groups excluding carboxylic acids is 3. The Balaban J connectivity index is 1.65. The molecule has 1 unspecified atom stereocenters. The van der Waals surface area contributed by atoms with Crippen LogP contribution in [-0.4, -0.2) is 119 Å². The summed E-state index contributed by atoms with van der Waals surface area (Å²) in [6, 6.07) is 13.9. The summed E-state index contributed by atoms with van der Waals surface area (Å²) in [5.41, 5.74) is 1.32. The molecule has 1 fully saturated rings. The summed E-state index contributed by atoms with van der Waals surface area (Å²) in [6.07, 6.45) is -0.144. The van der Waals surface area contributed by atoms with Crippen molar-refractivity contribution >= 4 is 35.4 Å². The Morgan fingerprint density at radius 2 is 1.66 bits per heavy atom. The zero-order valence-electron chi connectivity index (χ0n) is 34.6. The van der Waals surface area contributed by atoms with E-state index in [1.807, 2.05) is 45.0 Å². The number of piperidine rings is 1. The predicted molar refractivity (Wildman–Crippen MR) is 214 cm³/mol. The molecule has 2 heterocycles. The lowest BCUT2D eigenvalue weighted by Crippen LogP contribution is -2.55. The van der Waals surface area contributed by atoms with Gasteiger partial charge in [-0.1, -0.05) is 55.8 Å². The summed E-state index contributed by atoms with van der Waals surface area (Å²) >= 11 is 5.88. The minimum Gasteiger partial charge on any atom is -0.490 e. The van der Waals surface area contributed by atoms with E-state index in [4.69, 9.17) is 44.8 Å². The summed E-state index contributed by atoms with van der Waals surface area (Å²) in [5.74, 6) is 0.232. The first-order chi connectivity index (χ1) is 26.5. The maximum absolute atomic E-state index is 14.0. The molecule has 2 aromatic rings. The van der Waals surface area contributed by atoms with Crippen LogP contribution in [-0.2, 0) is 46.4 Å². The van der Waals surface area contributed by atoms with E-state index in [1.165, 1.54) is 14.0 Å². The predicted octanol–water partition coefficient (Wildman–Crippen LogP) is 7.36. The van der Waals surface area contributed by atoms with Gasteiger partial charge < -0.3 is 43.0 Å². The van der Waals surface area contributed by atoms with Gasteiger partial charge in [-0.2, -0.15) is 0 Å². The van der Waals surface area contributed by atoms with Gasteiger partial charge in [0, 0.05) is 51.8 Å². The van der Waals surface area contributed by atoms with Crippen molar-refractivity contribution in [3.63, 3.8) is 0 Å². The number of nitrogens with zero attached hydrogens (tertiary/aromatic N) is 3. The first-order valence-corrected chi connectivity index (χ1v) is 19.9. The molecule has 3 amide bonds. The molecule has 312 valence electrons. The molecule has 0 spiro atoms. The molecular weight excluding hydrogens is 742 g/mol. The van der Waals surface area contributed by atoms with Gasteiger partial charge in [-0.25, -0.2) is 9.59 Å². The van der Waals surface area contributed by atoms with Crippen LogP contribution in [0, 0.1) is 5.41 Å². The Hall–Kier alpha value is -3.62. The summed E-state index contributed by atoms with van der Waals surface area (Å²) < 4.78 is 40.0. The van der Waals surface area contributed by atoms with Crippen LogP contribution in [0.25, 0.3) is 0 Å². The first kappa shape index (κ1) is 45.1. The maximum atomic E-state index is 14.0. The molecule has 56 heavy (non-hydrogen) atoms. The van der Waals surface area contributed by atoms with Gasteiger partial charge in [-0.15, -0.1) is 0 Å². The van der Waals surface area contributed by atoms with Crippen molar-refractivity contribution < 1.29 is 47.5 Å². The highest BCUT2D eigenvalue weighted by Crippen LogP contribution is 2.41. The SMILES string of the molecule is COCCCN1CCOc2ccc(CO[C@H]3CN(C(=O)OC(C)(C)C)[C@@H](CC(C)(C)C(=O)N(C)C(=O)OC(C)Cl)C[C@@H]3c3ccc(COCCOC)cc3)cc21. The number of methoxy groups -OCH3 is 2. The second-order valence-corrected chi connectivity index (χ2v) is 16.7. The molecule has 4 rings (SSSR count). The number of ether oxygens (including phenoxy) is 7. The van der Waals surface area contributed by atoms with Gasteiger partial charge in [-0.3, -0.25) is 9.69 Å². The molecule has 14 heteroatoms. The van der Waals surface area contributed by atoms with E-state index in [1.54, 1.807) is 33.0 Å². The van der Waals surface area contributed by atoms with Crippen molar-refractivity contribution in [3.8, 4) is 5.75 Å². The number of amides is 3. The second-order valence-electron chi connectivity index (χ2n) is 16.1. The molecule has 2 aromatic carbocycles. The molecule has 2 aliphatic rings. The van der Waals surface area contributed by atoms with Crippen molar-refractivity contribution in [1.29, 1.82) is 0 Å². The molecule has 0 aliphatic carbocycles. The third kappa shape index (κ3) is 13.0. The Morgan fingerprint density at radius 3 is 2.32 bits per heavy atom. The minimum absolute atomic E-state index is 0.153. The van der Waals surface area contributed by atoms with Gasteiger partial charge in [0.05, 0.1) is 51.3 Å². The van der Waals surface area contributed by atoms with Gasteiger partial charge >= 0.3 is 12.2 Å². The third-order valence-corrected chi connectivity index (χ3v) is 10.0. The lowest BCUT2D eigenvalue weighted by molar-refractivity contribution is -0.139. The lowest BCUT2D eigenvalue weighted by Gasteiger charge is -2.46. The zero-order chi connectivity index (χ0) is 41.0. The quantitative estimate of drug-likeness (QED) is 0.118. The van der Waals surface area contributed by atoms with E-state index in [9.17, 15) is 14.4 Å². The normalized spacial score (nSPS) is 19.1. The van der Waals surface area contributed by atoms with E-state index < -0.39 is 46.8 Å². The number of rotatable bonds is 17. The largest absolute Gasteiger partial charge is 0.490 e. The number of anilines is 1. The Bertz CT molecular complexity index is 1580. The molecule has 1 saturated heterocycles. The van der Waals surface area contributed by atoms with Gasteiger partial charge in [0.15, 0.2) is 5.56 Å². The van der Waals surface area contributed by atoms with Crippen molar-refractivity contribution in [2.75, 3.05) is 72.2 Å². The van der Waals surface area contributed by atoms with Gasteiger partial charge in [0.2, 0.25) is 5.91 Å². The Labute approximate surface area is 337 Å². The molecule has 2 aliphatic heterocycles. The summed E-state index contributed by atoms with van der Waals surface area (Å²) in [6.45, 7) is 15.4. The van der Waals surface area contributed by atoms with Crippen LogP contribution >= 0.6 is 11.6 Å². The fraction of sp³-hybridized carbons (Fsp3) is 0.643. The van der Waals surface area contributed by atoms with E-state index in [2.05, 4.69) is 23.1 Å². The topological polar surface area (TPSA) is 126 Å². The molecule has 4 atom stereocenters. The lowest BCUT2D eigenvalue weighted by atomic mass is 9.76. The number of fused-ring (bicyclic) bond motifs is 1. The van der Waals surface area contributed by atoms with E-state index in [0.29, 0.717) is 46.1 Å². The number of alkyl halides is 1. The van der Waals surface area contributed by atoms with Crippen molar-refractivity contribution in [1.82, 2.24) is 9.80 Å². The van der Waals surface area contributed by atoms with Crippen LogP contribution in [0.5, 0.6) is 5.75 Å². The van der Waals surface area contributed by atoms with Gasteiger partial charge in [-0.05, 0) is 75.8 Å². The van der Waals surface area contributed by atoms with Crippen LogP contribution in [0.3, 0.4) is 0 Å². The van der Waals surface area contributed by atoms with Crippen LogP contribution < -0.4 is 9.64 Å². The van der Waals surface area contributed by atoms with Crippen LogP contribution in [0.15, 0.2) is 42.5 Å². The average Bonchev–Trinajstić information content (AvgIpc) is 3.14. The van der Waals surface area contributed by atoms with Gasteiger partial charge in [0.25, 0.3) is 0 Å². The monoisotopic (exact) mass is 803 g/mol. The van der Waals surface area contributed by atoms with Crippen molar-refractivity contribution in [3.05, 3.63) is 59.2 Å². The van der Waals surface area contributed by atoms with Crippen molar-refractivity contribution in [2.24, 2.45) is 5.41 Å². The van der Waals surface area contributed by atoms with Crippen LogP contribution in [0.4, 0.5) is 15.3 Å². The Kier molecular flexibility index (Phi) is 16.7. The standard InChI is InChI=1S/C42H62ClN3O10/c1-29(43)55-39(48)44(7)38(47)42(5,6)25-33-24-34(32-14-11-30(12-15-32)27-52-22-21-51-9)37(26-46(33)40(49)56-41(2,3)4)54-28-31-13-16-36-35(23-31)45(18-20-53-36)17-10-19-50-8/h11-16,23,29,33-34,37H,10,17-22,24-28H2,1-9H3/t29?,33-,34-,37+/m1/s1. The fourth-order valence-corrected chi connectivity index (χ4v) is 7.24. The summed E-state index contributed by atoms with van der Waals surface area (Å²) in [5, 5.41) is 0. The molecular formula is C42H62ClN3O10. The molecule has 0 radical (unpaired) electrons. The molecule has 0 aromatic heterocycles. The fourth-order valence-electron chi connectivity index (χ4n) is 7.17. The summed E-state index contributed by atoms with van der Waals surface area (Å²) in [7, 11) is 4.72. The van der Waals surface area contributed by atoms with E-state index in [0.717, 1.165) is 52.5 Å².